The van der Waals surface area contributed by atoms with Crippen LogP contribution in [0.2, 0.25) is 0 Å². The largest absolute Gasteiger partial charge is 0.497 e. The Hall–Kier alpha value is -7.99. The maximum Gasteiger partial charge on any atom is 0.415 e. The molecule has 2 saturated heterocycles. The minimum Gasteiger partial charge on any atom is -0.497 e. The van der Waals surface area contributed by atoms with Gasteiger partial charge in [-0.2, -0.15) is 5.10 Å². The SMILES string of the molecule is CN=C(N)CCCSC1CC(=O)N(CCCC(=O)CCC(=O)CCCOc2ccc(/C(C)=N/N(C)C(=O)C(C)(C)C(=O)N(C)CCN(C)C(=O)OC3=CC4C(c5c3[nH]c(C)c5C(=O)OC)C(CCl)CN4C(=O)c3cc4cc(OC)ccc4o3)cc2)C1=O. The summed E-state index contributed by atoms with van der Waals surface area (Å²) in [6.07, 6.45) is 3.78. The summed E-state index contributed by atoms with van der Waals surface area (Å²) < 4.78 is 28.5. The van der Waals surface area contributed by atoms with E-state index >= 15 is 0 Å². The lowest BCUT2D eigenvalue weighted by atomic mass is 9.79. The molecule has 4 atom stereocenters. The van der Waals surface area contributed by atoms with E-state index in [2.05, 4.69) is 15.1 Å². The highest BCUT2D eigenvalue weighted by Gasteiger charge is 2.51. The molecule has 1 aliphatic carbocycles. The number of Topliss-reactive ketones (excluding diaryl/α,β-unsaturated/α-hetero) is 2. The van der Waals surface area contributed by atoms with Crippen molar-refractivity contribution in [1.82, 2.24) is 29.6 Å². The minimum absolute atomic E-state index is 0.00937. The molecule has 468 valence electrons. The van der Waals surface area contributed by atoms with Gasteiger partial charge in [-0.25, -0.2) is 14.6 Å². The number of nitrogens with zero attached hydrogens (tertiary/aromatic N) is 7. The first-order valence-electron chi connectivity index (χ1n) is 28.9. The third kappa shape index (κ3) is 15.8. The number of halogens is 1. The fourth-order valence-electron chi connectivity index (χ4n) is 11.0. The van der Waals surface area contributed by atoms with Crippen LogP contribution in [0.15, 0.2) is 69.1 Å². The van der Waals surface area contributed by atoms with Gasteiger partial charge in [-0.1, -0.05) is 0 Å². The van der Waals surface area contributed by atoms with Crippen molar-refractivity contribution in [2.75, 3.05) is 86.8 Å². The van der Waals surface area contributed by atoms with Crippen LogP contribution in [-0.2, 0) is 38.2 Å². The van der Waals surface area contributed by atoms with Crippen LogP contribution < -0.4 is 15.2 Å². The molecule has 0 spiro atoms. The normalized spacial score (nSPS) is 17.6. The van der Waals surface area contributed by atoms with Gasteiger partial charge >= 0.3 is 12.1 Å². The number of carbonyl (C=O) groups excluding carboxylic acids is 9. The number of hydrazone groups is 1. The lowest BCUT2D eigenvalue weighted by Gasteiger charge is -2.32. The van der Waals surface area contributed by atoms with Gasteiger partial charge in [-0.15, -0.1) is 23.4 Å². The number of methoxy groups -OCH3 is 2. The topological polar surface area (TPSA) is 286 Å². The first kappa shape index (κ1) is 66.5. The van der Waals surface area contributed by atoms with Crippen LogP contribution in [0.25, 0.3) is 16.7 Å². The summed E-state index contributed by atoms with van der Waals surface area (Å²) in [5.74, 6) is -0.934. The summed E-state index contributed by atoms with van der Waals surface area (Å²) in [6, 6.07) is 13.1. The number of H-pyrrole nitrogens is 1. The molecule has 0 bridgehead atoms. The fourth-order valence-corrected chi connectivity index (χ4v) is 12.4. The van der Waals surface area contributed by atoms with Gasteiger partial charge in [-0.05, 0) is 119 Å². The van der Waals surface area contributed by atoms with Crippen LogP contribution >= 0.6 is 23.4 Å². The number of aryl methyl sites for hydroxylation is 1. The third-order valence-electron chi connectivity index (χ3n) is 15.9. The lowest BCUT2D eigenvalue weighted by molar-refractivity contribution is -0.152. The number of likely N-dealkylation sites (N-methyl/N-ethyl adjacent to an activating group) is 2. The maximum atomic E-state index is 14.4. The van der Waals surface area contributed by atoms with E-state index in [4.69, 9.17) is 40.7 Å². The number of rotatable bonds is 29. The summed E-state index contributed by atoms with van der Waals surface area (Å²) in [4.78, 5) is 132. The zero-order valence-electron chi connectivity index (χ0n) is 51.0. The molecule has 2 aromatic carbocycles. The average molecular weight is 1240 g/mol. The lowest BCUT2D eigenvalue weighted by Crippen LogP contribution is -2.49. The van der Waals surface area contributed by atoms with E-state index in [0.29, 0.717) is 81.5 Å². The molecule has 3 aliphatic rings. The van der Waals surface area contributed by atoms with Crippen LogP contribution in [0.4, 0.5) is 4.79 Å². The smallest absolute Gasteiger partial charge is 0.415 e. The number of benzene rings is 2. The van der Waals surface area contributed by atoms with Gasteiger partial charge in [-0.3, -0.25) is 43.5 Å². The van der Waals surface area contributed by atoms with E-state index in [1.54, 1.807) is 87.5 Å². The van der Waals surface area contributed by atoms with Crippen molar-refractivity contribution >= 4 is 105 Å². The molecule has 0 radical (unpaired) electrons. The summed E-state index contributed by atoms with van der Waals surface area (Å²) >= 11 is 8.04. The molecule has 87 heavy (non-hydrogen) atoms. The molecule has 3 N–H and O–H groups in total. The molecule has 0 saturated carbocycles. The number of hydrogen-bond acceptors (Lipinski definition) is 17. The number of alkyl halides is 1. The number of amidine groups is 1. The second-order valence-corrected chi connectivity index (χ2v) is 24.0. The Morgan fingerprint density at radius 3 is 2.23 bits per heavy atom. The summed E-state index contributed by atoms with van der Waals surface area (Å²) in [5, 5.41) is 5.84. The highest BCUT2D eigenvalue weighted by molar-refractivity contribution is 8.00. The van der Waals surface area contributed by atoms with E-state index in [9.17, 15) is 43.2 Å². The quantitative estimate of drug-likeness (QED) is 0.00773. The van der Waals surface area contributed by atoms with Crippen molar-refractivity contribution in [3.05, 3.63) is 88.4 Å². The second kappa shape index (κ2) is 29.6. The van der Waals surface area contributed by atoms with Crippen molar-refractivity contribution in [1.29, 1.82) is 0 Å². The van der Waals surface area contributed by atoms with Gasteiger partial charge in [0.25, 0.3) is 11.8 Å². The number of nitrogens with one attached hydrogen (secondary N) is 1. The van der Waals surface area contributed by atoms with Gasteiger partial charge in [0.15, 0.2) is 11.5 Å². The summed E-state index contributed by atoms with van der Waals surface area (Å²) in [6.45, 7) is 7.06. The third-order valence-corrected chi connectivity index (χ3v) is 17.6. The number of thioether (sulfide) groups is 1. The number of fused-ring (bicyclic) bond motifs is 4. The number of aromatic nitrogens is 1. The number of aliphatic imine (C=N–C) groups is 1. The van der Waals surface area contributed by atoms with Crippen LogP contribution in [0.3, 0.4) is 0 Å². The van der Waals surface area contributed by atoms with Gasteiger partial charge in [0, 0.05) is 121 Å². The molecule has 2 aliphatic heterocycles. The molecule has 23 nitrogen and oxygen atoms in total. The molecule has 25 heteroatoms. The van der Waals surface area contributed by atoms with Crippen LogP contribution in [-0.4, -0.2) is 192 Å². The van der Waals surface area contributed by atoms with Gasteiger partial charge in [0.05, 0.1) is 54.9 Å². The zero-order valence-corrected chi connectivity index (χ0v) is 52.6. The van der Waals surface area contributed by atoms with Crippen molar-refractivity contribution in [2.45, 2.75) is 103 Å². The zero-order chi connectivity index (χ0) is 63.4. The molecule has 4 heterocycles. The number of ketones is 2. The molecule has 2 aromatic heterocycles. The van der Waals surface area contributed by atoms with Crippen molar-refractivity contribution < 1.29 is 66.5 Å². The Bertz CT molecular complexity index is 3350. The highest BCUT2D eigenvalue weighted by Crippen LogP contribution is 2.49. The predicted octanol–water partition coefficient (Wildman–Crippen LogP) is 7.60. The highest BCUT2D eigenvalue weighted by atomic mass is 35.5. The molecular formula is C62H78ClN9O14S. The first-order chi connectivity index (χ1) is 41.4. The first-order valence-corrected chi connectivity index (χ1v) is 30.4. The molecule has 6 amide bonds. The number of furan rings is 1. The molecule has 4 unspecified atom stereocenters. The average Bonchev–Trinajstić information content (AvgIpc) is 1.67. The second-order valence-electron chi connectivity index (χ2n) is 22.4. The number of carbonyl (C=O) groups is 9. The van der Waals surface area contributed by atoms with E-state index < -0.39 is 52.4 Å². The number of nitrogens with two attached hydrogens (primary N) is 1. The Morgan fingerprint density at radius 2 is 1.56 bits per heavy atom. The molecule has 2 fully saturated rings. The number of imide groups is 1. The number of ether oxygens (including phenoxy) is 4. The van der Waals surface area contributed by atoms with Crippen LogP contribution in [0.1, 0.15) is 128 Å². The van der Waals surface area contributed by atoms with Gasteiger partial charge in [0.2, 0.25) is 17.7 Å². The van der Waals surface area contributed by atoms with E-state index in [-0.39, 0.29) is 117 Å². The van der Waals surface area contributed by atoms with Crippen molar-refractivity contribution in [3.63, 3.8) is 0 Å². The number of esters is 1. The number of amides is 6. The van der Waals surface area contributed by atoms with Gasteiger partial charge < -0.3 is 48.8 Å². The molecule has 4 aromatic rings. The maximum absolute atomic E-state index is 14.4. The van der Waals surface area contributed by atoms with Crippen LogP contribution in [0, 0.1) is 18.3 Å². The summed E-state index contributed by atoms with van der Waals surface area (Å²) in [7, 11) is 8.92. The molecule has 7 rings (SSSR count). The predicted molar refractivity (Wildman–Crippen MR) is 329 cm³/mol. The molecular weight excluding hydrogens is 1160 g/mol. The van der Waals surface area contributed by atoms with Gasteiger partial charge in [0.1, 0.15) is 34.1 Å². The monoisotopic (exact) mass is 1240 g/mol. The minimum atomic E-state index is -1.58. The number of aromatic amines is 1. The van der Waals surface area contributed by atoms with Crippen molar-refractivity contribution in [3.8, 4) is 11.5 Å². The summed E-state index contributed by atoms with van der Waals surface area (Å²) in [5.41, 5.74) is 7.39. The number of hydrogen-bond donors (Lipinski definition) is 2. The van der Waals surface area contributed by atoms with E-state index in [1.807, 2.05) is 0 Å². The Kier molecular flexibility index (Phi) is 22.6. The Balaban J connectivity index is 0.855. The van der Waals surface area contributed by atoms with E-state index in [1.165, 1.54) is 68.6 Å². The fraction of sp³-hybridized carbons (Fsp3) is 0.500. The van der Waals surface area contributed by atoms with Crippen molar-refractivity contribution in [2.24, 2.45) is 27.2 Å². The Labute approximate surface area is 515 Å². The van der Waals surface area contributed by atoms with Crippen LogP contribution in [0.5, 0.6) is 11.5 Å². The number of likely N-dealkylation sites (tertiary alicyclic amines) is 2. The van der Waals surface area contributed by atoms with E-state index in [0.717, 1.165) is 11.4 Å². The standard InChI is InChI=1S/C62H78ClN9O14S/c1-36(38-17-21-43(22-18-38)84-28-12-15-42(74)20-19-41(73)14-11-25-71-51(75)33-49(57(71)77)87-29-13-16-50(64)65-5)67-70(8)60(80)62(3,4)59(79)68(6)26-27-69(7)61(81)86-47-32-45-53(54-52(58(78)83-10)37(2)66-55(47)54)40(34-63)35-72(45)56(76)48-31-39-30-44(82-9)23-24-46(39)85-48/h17-18,21-24,30-32,40,45,49,53,66H,11-16,19-20,25-29,33-35H2,1-10H3,(H2,64,65)/b67-36+. The Morgan fingerprint density at radius 1 is 0.885 bits per heavy atom.